The lowest BCUT2D eigenvalue weighted by atomic mass is 10.2. The minimum absolute atomic E-state index is 1.11. The summed E-state index contributed by atoms with van der Waals surface area (Å²) in [5, 5.41) is 5.75. The van der Waals surface area contributed by atoms with Crippen molar-refractivity contribution in [3.05, 3.63) is 72.6 Å². The molecule has 1 N–H and O–H groups in total. The number of para-hydroxylation sites is 1. The van der Waals surface area contributed by atoms with Crippen molar-refractivity contribution >= 4 is 16.5 Å². The first-order chi connectivity index (χ1) is 9.43. The Labute approximate surface area is 113 Å². The summed E-state index contributed by atoms with van der Waals surface area (Å²) >= 11 is 0. The van der Waals surface area contributed by atoms with Crippen molar-refractivity contribution in [2.45, 2.75) is 6.42 Å². The average Bonchev–Trinajstić information content (AvgIpc) is 2.96. The van der Waals surface area contributed by atoms with E-state index in [2.05, 4.69) is 46.7 Å². The van der Waals surface area contributed by atoms with Gasteiger partial charge in [-0.2, -0.15) is 0 Å². The van der Waals surface area contributed by atoms with Crippen LogP contribution in [0.15, 0.2) is 67.0 Å². The lowest BCUT2D eigenvalue weighted by molar-refractivity contribution is 1.11. The van der Waals surface area contributed by atoms with Crippen molar-refractivity contribution in [3.63, 3.8) is 0 Å². The quantitative estimate of drug-likeness (QED) is 0.653. The lowest BCUT2D eigenvalue weighted by Gasteiger charge is -1.94. The summed E-state index contributed by atoms with van der Waals surface area (Å²) in [4.78, 5) is 4.01. The van der Waals surface area contributed by atoms with Crippen LogP contribution in [0.5, 0.6) is 0 Å². The van der Waals surface area contributed by atoms with E-state index >= 15 is 0 Å². The Kier molecular flexibility index (Phi) is 3.41. The molecule has 2 heterocycles. The number of anilines is 1. The summed E-state index contributed by atoms with van der Waals surface area (Å²) in [5.74, 6) is 0. The molecular formula is C17H16N2. The van der Waals surface area contributed by atoms with Gasteiger partial charge in [-0.15, -0.1) is 0 Å². The lowest BCUT2D eigenvalue weighted by Crippen LogP contribution is -1.90. The van der Waals surface area contributed by atoms with E-state index in [9.17, 15) is 0 Å². The molecule has 0 saturated carbocycles. The van der Waals surface area contributed by atoms with E-state index in [1.54, 1.807) is 0 Å². The number of pyridine rings is 1. The molecule has 0 fully saturated rings. The maximum atomic E-state index is 4.01. The van der Waals surface area contributed by atoms with E-state index < -0.39 is 0 Å². The van der Waals surface area contributed by atoms with Gasteiger partial charge in [0.2, 0.25) is 0 Å². The minimum atomic E-state index is 1.11. The largest absolute Gasteiger partial charge is 0.384 e. The first-order valence-corrected chi connectivity index (χ1v) is 6.54. The number of fused-ring (bicyclic) bond motifs is 2. The SMILES string of the molecule is c1ccc2c(c1)CCN2.c1ccc2cnccc2c1. The van der Waals surface area contributed by atoms with Crippen molar-refractivity contribution in [1.82, 2.24) is 4.98 Å². The van der Waals surface area contributed by atoms with Crippen molar-refractivity contribution in [3.8, 4) is 0 Å². The highest BCUT2D eigenvalue weighted by Gasteiger charge is 2.05. The Morgan fingerprint density at radius 2 is 1.63 bits per heavy atom. The predicted octanol–water partition coefficient (Wildman–Crippen LogP) is 3.89. The van der Waals surface area contributed by atoms with Gasteiger partial charge < -0.3 is 5.32 Å². The van der Waals surface area contributed by atoms with Crippen LogP contribution in [0.1, 0.15) is 5.56 Å². The van der Waals surface area contributed by atoms with E-state index in [4.69, 9.17) is 0 Å². The molecule has 0 atom stereocenters. The molecule has 0 bridgehead atoms. The second-order valence-corrected chi connectivity index (χ2v) is 4.56. The summed E-state index contributed by atoms with van der Waals surface area (Å²) in [5.41, 5.74) is 2.77. The molecule has 0 unspecified atom stereocenters. The topological polar surface area (TPSA) is 24.9 Å². The van der Waals surface area contributed by atoms with Gasteiger partial charge in [0.05, 0.1) is 0 Å². The smallest absolute Gasteiger partial charge is 0.0373 e. The van der Waals surface area contributed by atoms with Gasteiger partial charge in [0.1, 0.15) is 0 Å². The molecule has 1 aliphatic rings. The molecule has 1 aliphatic heterocycles. The Morgan fingerprint density at radius 3 is 2.47 bits per heavy atom. The number of nitrogens with zero attached hydrogens (tertiary/aromatic N) is 1. The third kappa shape index (κ3) is 2.74. The second-order valence-electron chi connectivity index (χ2n) is 4.56. The van der Waals surface area contributed by atoms with E-state index in [1.807, 2.05) is 30.6 Å². The number of hydrogen-bond donors (Lipinski definition) is 1. The zero-order chi connectivity index (χ0) is 12.9. The zero-order valence-electron chi connectivity index (χ0n) is 10.7. The van der Waals surface area contributed by atoms with Gasteiger partial charge in [-0.3, -0.25) is 4.98 Å². The fourth-order valence-corrected chi connectivity index (χ4v) is 2.27. The number of hydrogen-bond acceptors (Lipinski definition) is 2. The van der Waals surface area contributed by atoms with E-state index in [-0.39, 0.29) is 0 Å². The Morgan fingerprint density at radius 1 is 0.842 bits per heavy atom. The molecular weight excluding hydrogens is 232 g/mol. The molecule has 0 aliphatic carbocycles. The van der Waals surface area contributed by atoms with Gasteiger partial charge >= 0.3 is 0 Å². The Balaban J connectivity index is 0.000000117. The van der Waals surface area contributed by atoms with E-state index in [1.165, 1.54) is 28.4 Å². The molecule has 3 aromatic rings. The molecule has 2 aromatic carbocycles. The Bertz CT molecular complexity index is 588. The molecule has 0 amide bonds. The maximum Gasteiger partial charge on any atom is 0.0373 e. The van der Waals surface area contributed by atoms with Gasteiger partial charge in [0.15, 0.2) is 0 Å². The van der Waals surface area contributed by atoms with Crippen LogP contribution in [-0.2, 0) is 6.42 Å². The maximum absolute atomic E-state index is 4.01. The minimum Gasteiger partial charge on any atom is -0.384 e. The van der Waals surface area contributed by atoms with Crippen LogP contribution in [0, 0.1) is 0 Å². The summed E-state index contributed by atoms with van der Waals surface area (Å²) in [7, 11) is 0. The van der Waals surface area contributed by atoms with Gasteiger partial charge in [-0.25, -0.2) is 0 Å². The molecule has 2 heteroatoms. The van der Waals surface area contributed by atoms with Gasteiger partial charge in [0.25, 0.3) is 0 Å². The van der Waals surface area contributed by atoms with Crippen LogP contribution < -0.4 is 5.32 Å². The number of rotatable bonds is 0. The fraction of sp³-hybridized carbons (Fsp3) is 0.118. The third-order valence-electron chi connectivity index (χ3n) is 3.28. The monoisotopic (exact) mass is 248 g/mol. The van der Waals surface area contributed by atoms with Crippen LogP contribution in [0.2, 0.25) is 0 Å². The summed E-state index contributed by atoms with van der Waals surface area (Å²) in [6.45, 7) is 1.11. The van der Waals surface area contributed by atoms with Crippen LogP contribution in [0.4, 0.5) is 5.69 Å². The van der Waals surface area contributed by atoms with E-state index in [0.717, 1.165) is 6.54 Å². The zero-order valence-corrected chi connectivity index (χ0v) is 10.7. The standard InChI is InChI=1S/C9H7N.C8H9N/c1-2-4-9-7-10-6-5-8(9)3-1;1-2-4-8-7(3-1)5-6-9-8/h1-7H;1-4,9H,5-6H2. The van der Waals surface area contributed by atoms with Crippen molar-refractivity contribution in [1.29, 1.82) is 0 Å². The van der Waals surface area contributed by atoms with E-state index in [0.29, 0.717) is 0 Å². The van der Waals surface area contributed by atoms with Crippen molar-refractivity contribution in [2.75, 3.05) is 11.9 Å². The predicted molar refractivity (Wildman–Crippen MR) is 80.4 cm³/mol. The average molecular weight is 248 g/mol. The fourth-order valence-electron chi connectivity index (χ4n) is 2.27. The van der Waals surface area contributed by atoms with Crippen LogP contribution in [-0.4, -0.2) is 11.5 Å². The molecule has 1 aromatic heterocycles. The highest BCUT2D eigenvalue weighted by molar-refractivity contribution is 5.80. The molecule has 0 saturated heterocycles. The number of nitrogens with one attached hydrogen (secondary N) is 1. The number of benzene rings is 2. The molecule has 94 valence electrons. The number of aromatic nitrogens is 1. The van der Waals surface area contributed by atoms with Gasteiger partial charge in [-0.05, 0) is 34.9 Å². The van der Waals surface area contributed by atoms with Crippen LogP contribution >= 0.6 is 0 Å². The Hall–Kier alpha value is -2.35. The summed E-state index contributed by atoms with van der Waals surface area (Å²) in [6, 6.07) is 18.7. The van der Waals surface area contributed by atoms with Crippen LogP contribution in [0.25, 0.3) is 10.8 Å². The molecule has 0 radical (unpaired) electrons. The molecule has 19 heavy (non-hydrogen) atoms. The molecule has 0 spiro atoms. The van der Waals surface area contributed by atoms with Crippen LogP contribution in [0.3, 0.4) is 0 Å². The van der Waals surface area contributed by atoms with Gasteiger partial charge in [-0.1, -0.05) is 42.5 Å². The van der Waals surface area contributed by atoms with Gasteiger partial charge in [0, 0.05) is 24.6 Å². The third-order valence-corrected chi connectivity index (χ3v) is 3.28. The molecule has 4 rings (SSSR count). The highest BCUT2D eigenvalue weighted by Crippen LogP contribution is 2.19. The first kappa shape index (κ1) is 11.7. The summed E-state index contributed by atoms with van der Waals surface area (Å²) in [6.07, 6.45) is 4.87. The molecule has 2 nitrogen and oxygen atoms in total. The summed E-state index contributed by atoms with van der Waals surface area (Å²) < 4.78 is 0. The van der Waals surface area contributed by atoms with Crippen molar-refractivity contribution in [2.24, 2.45) is 0 Å². The first-order valence-electron chi connectivity index (χ1n) is 6.54. The highest BCUT2D eigenvalue weighted by atomic mass is 14.9. The normalized spacial score (nSPS) is 12.2. The van der Waals surface area contributed by atoms with Crippen molar-refractivity contribution < 1.29 is 0 Å². The second kappa shape index (κ2) is 5.53.